The molecule has 2 aromatic carbocycles. The zero-order chi connectivity index (χ0) is 31.9. The van der Waals surface area contributed by atoms with E-state index in [0.29, 0.717) is 31.4 Å². The normalized spacial score (nSPS) is 15.7. The minimum Gasteiger partial charge on any atom is -0.465 e. The summed E-state index contributed by atoms with van der Waals surface area (Å²) in [7, 11) is -3.97. The van der Waals surface area contributed by atoms with E-state index in [1.165, 1.54) is 4.90 Å². The number of carbonyl (C=O) groups excluding carboxylic acids is 2. The van der Waals surface area contributed by atoms with Crippen LogP contribution in [0, 0.1) is 17.7 Å². The molecule has 2 aromatic rings. The summed E-state index contributed by atoms with van der Waals surface area (Å²) < 4.78 is 40.6. The van der Waals surface area contributed by atoms with Crippen LogP contribution in [0.15, 0.2) is 41.3 Å². The molecular formula is C30H40ClFN4O6S. The number of amides is 3. The van der Waals surface area contributed by atoms with Gasteiger partial charge in [-0.25, -0.2) is 22.3 Å². The van der Waals surface area contributed by atoms with E-state index in [2.05, 4.69) is 15.4 Å². The molecule has 0 bridgehead atoms. The number of carbonyl (C=O) groups is 3. The van der Waals surface area contributed by atoms with E-state index in [1.54, 1.807) is 12.1 Å². The van der Waals surface area contributed by atoms with Crippen molar-refractivity contribution in [3.63, 3.8) is 0 Å². The van der Waals surface area contributed by atoms with E-state index in [-0.39, 0.29) is 47.3 Å². The Morgan fingerprint density at radius 3 is 2.42 bits per heavy atom. The van der Waals surface area contributed by atoms with Gasteiger partial charge < -0.3 is 20.6 Å². The zero-order valence-electron chi connectivity index (χ0n) is 24.8. The number of nitrogens with zero attached hydrogens (tertiary/aromatic N) is 1. The molecule has 0 fully saturated rings. The molecule has 1 heterocycles. The summed E-state index contributed by atoms with van der Waals surface area (Å²) in [5, 5.41) is 15.1. The molecule has 0 aromatic heterocycles. The van der Waals surface area contributed by atoms with Crippen LogP contribution in [0.4, 0.5) is 9.18 Å². The molecule has 236 valence electrons. The van der Waals surface area contributed by atoms with Crippen LogP contribution in [0.5, 0.6) is 0 Å². The van der Waals surface area contributed by atoms with E-state index in [0.717, 1.165) is 29.3 Å². The lowest BCUT2D eigenvalue weighted by molar-refractivity contribution is -0.123. The van der Waals surface area contributed by atoms with Crippen molar-refractivity contribution < 1.29 is 32.3 Å². The smallest absolute Gasteiger partial charge is 0.407 e. The third-order valence-electron chi connectivity index (χ3n) is 7.16. The molecule has 0 saturated heterocycles. The Hall–Kier alpha value is -3.22. The largest absolute Gasteiger partial charge is 0.465 e. The van der Waals surface area contributed by atoms with E-state index >= 15 is 0 Å². The lowest BCUT2D eigenvalue weighted by Crippen LogP contribution is -2.48. The Morgan fingerprint density at radius 1 is 1.07 bits per heavy atom. The highest BCUT2D eigenvalue weighted by Gasteiger charge is 2.32. The molecule has 0 aliphatic carbocycles. The van der Waals surface area contributed by atoms with Crippen LogP contribution in [-0.4, -0.2) is 62.0 Å². The molecule has 10 nitrogen and oxygen atoms in total. The van der Waals surface area contributed by atoms with Gasteiger partial charge in [0.25, 0.3) is 5.91 Å². The van der Waals surface area contributed by atoms with E-state index in [1.807, 2.05) is 33.8 Å². The summed E-state index contributed by atoms with van der Waals surface area (Å²) in [5.41, 5.74) is 2.16. The second kappa shape index (κ2) is 15.0. The molecule has 43 heavy (non-hydrogen) atoms. The molecule has 1 aliphatic rings. The second-order valence-electron chi connectivity index (χ2n) is 11.6. The number of fused-ring (bicyclic) bond motifs is 1. The van der Waals surface area contributed by atoms with Gasteiger partial charge in [-0.15, -0.1) is 0 Å². The Morgan fingerprint density at radius 2 is 1.79 bits per heavy atom. The van der Waals surface area contributed by atoms with Crippen LogP contribution in [0.1, 0.15) is 74.5 Å². The fourth-order valence-corrected chi connectivity index (χ4v) is 6.72. The molecule has 1 unspecified atom stereocenters. The monoisotopic (exact) mass is 638 g/mol. The van der Waals surface area contributed by atoms with Crippen molar-refractivity contribution in [1.82, 2.24) is 20.3 Å². The number of carboxylic acid groups (broad SMARTS) is 1. The van der Waals surface area contributed by atoms with Crippen LogP contribution >= 0.6 is 11.6 Å². The summed E-state index contributed by atoms with van der Waals surface area (Å²) in [6, 6.07) is 7.09. The van der Waals surface area contributed by atoms with Crippen molar-refractivity contribution in [2.45, 2.75) is 70.4 Å². The van der Waals surface area contributed by atoms with Gasteiger partial charge in [-0.05, 0) is 79.0 Å². The maximum absolute atomic E-state index is 13.3. The highest BCUT2D eigenvalue weighted by Crippen LogP contribution is 2.35. The van der Waals surface area contributed by atoms with Gasteiger partial charge in [0.2, 0.25) is 15.9 Å². The van der Waals surface area contributed by atoms with Crippen LogP contribution < -0.4 is 15.4 Å². The second-order valence-corrected chi connectivity index (χ2v) is 13.7. The number of halogens is 2. The molecule has 4 N–H and O–H groups in total. The number of hydrogen-bond donors (Lipinski definition) is 4. The fraction of sp³-hybridized carbons (Fsp3) is 0.500. The number of hydrogen-bond acceptors (Lipinski definition) is 5. The summed E-state index contributed by atoms with van der Waals surface area (Å²) in [5.74, 6) is -1.17. The SMILES string of the molecule is CC(C)CC1c2cc(C(=O)N[C@@H](CC(C)C)C(=O)NCCCNS(=O)(=O)c3ccc(F)cc3Cl)ccc2CCN1C(=O)O. The van der Waals surface area contributed by atoms with Crippen molar-refractivity contribution in [2.24, 2.45) is 11.8 Å². The van der Waals surface area contributed by atoms with Crippen LogP contribution in [0.25, 0.3) is 0 Å². The van der Waals surface area contributed by atoms with Crippen molar-refractivity contribution in [2.75, 3.05) is 19.6 Å². The predicted molar refractivity (Wildman–Crippen MR) is 162 cm³/mol. The average molecular weight is 639 g/mol. The van der Waals surface area contributed by atoms with Gasteiger partial charge >= 0.3 is 6.09 Å². The summed E-state index contributed by atoms with van der Waals surface area (Å²) in [6.07, 6.45) is 0.821. The van der Waals surface area contributed by atoms with Gasteiger partial charge in [-0.1, -0.05) is 45.4 Å². The molecule has 3 amide bonds. The average Bonchev–Trinajstić information content (AvgIpc) is 2.91. The first kappa shape index (κ1) is 34.3. The van der Waals surface area contributed by atoms with Gasteiger partial charge in [0, 0.05) is 25.2 Å². The highest BCUT2D eigenvalue weighted by atomic mass is 35.5. The Balaban J connectivity index is 1.63. The van der Waals surface area contributed by atoms with Crippen LogP contribution in [0.3, 0.4) is 0 Å². The first-order valence-corrected chi connectivity index (χ1v) is 16.2. The minimum absolute atomic E-state index is 0.00243. The van der Waals surface area contributed by atoms with Gasteiger partial charge in [0.05, 0.1) is 11.1 Å². The van der Waals surface area contributed by atoms with E-state index < -0.39 is 39.8 Å². The molecule has 13 heteroatoms. The number of nitrogens with one attached hydrogen (secondary N) is 3. The third kappa shape index (κ3) is 9.38. The van der Waals surface area contributed by atoms with Crippen molar-refractivity contribution in [3.8, 4) is 0 Å². The molecule has 2 atom stereocenters. The van der Waals surface area contributed by atoms with Gasteiger partial charge in [0.1, 0.15) is 16.8 Å². The first-order chi connectivity index (χ1) is 20.2. The molecule has 3 rings (SSSR count). The van der Waals surface area contributed by atoms with Crippen LogP contribution in [0.2, 0.25) is 5.02 Å². The molecule has 0 saturated carbocycles. The van der Waals surface area contributed by atoms with E-state index in [9.17, 15) is 32.3 Å². The van der Waals surface area contributed by atoms with Gasteiger partial charge in [-0.3, -0.25) is 9.59 Å². The topological polar surface area (TPSA) is 145 Å². The van der Waals surface area contributed by atoms with Gasteiger partial charge in [0.15, 0.2) is 0 Å². The summed E-state index contributed by atoms with van der Waals surface area (Å²) >= 11 is 5.86. The lowest BCUT2D eigenvalue weighted by atomic mass is 9.86. The molecule has 0 spiro atoms. The van der Waals surface area contributed by atoms with Crippen molar-refractivity contribution in [3.05, 3.63) is 63.9 Å². The maximum Gasteiger partial charge on any atom is 0.407 e. The minimum atomic E-state index is -3.97. The zero-order valence-corrected chi connectivity index (χ0v) is 26.4. The Kier molecular flexibility index (Phi) is 11.9. The summed E-state index contributed by atoms with van der Waals surface area (Å²) in [6.45, 7) is 8.44. The molecule has 0 radical (unpaired) electrons. The fourth-order valence-electron chi connectivity index (χ4n) is 5.11. The first-order valence-electron chi connectivity index (χ1n) is 14.3. The number of rotatable bonds is 13. The molecule has 1 aliphatic heterocycles. The van der Waals surface area contributed by atoms with Crippen molar-refractivity contribution >= 4 is 39.5 Å². The number of sulfonamides is 1. The third-order valence-corrected chi connectivity index (χ3v) is 9.11. The number of benzene rings is 2. The summed E-state index contributed by atoms with van der Waals surface area (Å²) in [4.78, 5) is 39.4. The Labute approximate surface area is 257 Å². The van der Waals surface area contributed by atoms with Crippen LogP contribution in [-0.2, 0) is 21.2 Å². The Bertz CT molecular complexity index is 1440. The molecular weight excluding hydrogens is 599 g/mol. The lowest BCUT2D eigenvalue weighted by Gasteiger charge is -2.36. The maximum atomic E-state index is 13.3. The predicted octanol–water partition coefficient (Wildman–Crippen LogP) is 4.73. The standard InChI is InChI=1S/C30H40ClFN4O6S/c1-18(2)14-25(29(38)33-11-5-12-34-43(41,42)27-9-8-22(32)17-24(27)31)35-28(37)21-7-6-20-10-13-36(30(39)40)26(15-19(3)4)23(20)16-21/h6-9,16-19,25-26,34H,5,10-15H2,1-4H3,(H,33,38)(H,35,37)(H,39,40)/t25-,26?/m0/s1. The van der Waals surface area contributed by atoms with Crippen molar-refractivity contribution in [1.29, 1.82) is 0 Å². The highest BCUT2D eigenvalue weighted by molar-refractivity contribution is 7.89. The van der Waals surface area contributed by atoms with Gasteiger partial charge in [-0.2, -0.15) is 0 Å². The quantitative estimate of drug-likeness (QED) is 0.234. The van der Waals surface area contributed by atoms with E-state index in [4.69, 9.17) is 11.6 Å².